The van der Waals surface area contributed by atoms with Crippen molar-refractivity contribution in [1.29, 1.82) is 0 Å². The first-order valence-electron chi connectivity index (χ1n) is 8.17. The highest BCUT2D eigenvalue weighted by Crippen LogP contribution is 2.37. The number of nitrogens with one attached hydrogen (secondary N) is 1. The third-order valence-electron chi connectivity index (χ3n) is 5.10. The molecule has 2 fully saturated rings. The number of rotatable bonds is 5. The highest BCUT2D eigenvalue weighted by atomic mass is 16.5. The second-order valence-corrected chi connectivity index (χ2v) is 6.55. The normalized spacial score (nSPS) is 33.1. The maximum atomic E-state index is 5.76. The van der Waals surface area contributed by atoms with Gasteiger partial charge in [-0.3, -0.25) is 0 Å². The van der Waals surface area contributed by atoms with Crippen molar-refractivity contribution in [2.75, 3.05) is 13.2 Å². The standard InChI is InChI=1S/C18H27NO/c1-3-18-15(8-9-20-18)12-19-17-10-16(11-17)14-6-4-13(2)5-7-14/h4-7,15-19H,3,8-12H2,1-2H3. The van der Waals surface area contributed by atoms with Gasteiger partial charge in [-0.15, -0.1) is 0 Å². The molecular weight excluding hydrogens is 246 g/mol. The summed E-state index contributed by atoms with van der Waals surface area (Å²) >= 11 is 0. The molecule has 1 saturated carbocycles. The van der Waals surface area contributed by atoms with Gasteiger partial charge in [-0.05, 0) is 50.0 Å². The van der Waals surface area contributed by atoms with E-state index in [0.29, 0.717) is 6.10 Å². The van der Waals surface area contributed by atoms with Gasteiger partial charge in [0.2, 0.25) is 0 Å². The van der Waals surface area contributed by atoms with Crippen LogP contribution in [0.3, 0.4) is 0 Å². The molecule has 2 aliphatic rings. The molecule has 2 unspecified atom stereocenters. The Labute approximate surface area is 122 Å². The van der Waals surface area contributed by atoms with Crippen LogP contribution in [0.2, 0.25) is 0 Å². The zero-order valence-corrected chi connectivity index (χ0v) is 12.8. The molecule has 1 aromatic rings. The van der Waals surface area contributed by atoms with Crippen molar-refractivity contribution in [2.24, 2.45) is 5.92 Å². The molecule has 3 rings (SSSR count). The minimum atomic E-state index is 0.496. The molecule has 0 aromatic heterocycles. The van der Waals surface area contributed by atoms with E-state index in [1.54, 1.807) is 0 Å². The second-order valence-electron chi connectivity index (χ2n) is 6.55. The summed E-state index contributed by atoms with van der Waals surface area (Å²) in [6, 6.07) is 9.79. The molecule has 0 radical (unpaired) electrons. The monoisotopic (exact) mass is 273 g/mol. The fourth-order valence-corrected chi connectivity index (χ4v) is 3.59. The smallest absolute Gasteiger partial charge is 0.0613 e. The van der Waals surface area contributed by atoms with Crippen molar-refractivity contribution in [1.82, 2.24) is 5.32 Å². The van der Waals surface area contributed by atoms with Gasteiger partial charge in [0, 0.05) is 19.2 Å². The fourth-order valence-electron chi connectivity index (χ4n) is 3.59. The van der Waals surface area contributed by atoms with Gasteiger partial charge in [0.15, 0.2) is 0 Å². The molecule has 2 nitrogen and oxygen atoms in total. The van der Waals surface area contributed by atoms with E-state index in [-0.39, 0.29) is 0 Å². The molecule has 2 atom stereocenters. The van der Waals surface area contributed by atoms with Gasteiger partial charge in [0.1, 0.15) is 0 Å². The Morgan fingerprint density at radius 2 is 1.95 bits per heavy atom. The van der Waals surface area contributed by atoms with Gasteiger partial charge in [-0.2, -0.15) is 0 Å². The third kappa shape index (κ3) is 3.07. The van der Waals surface area contributed by atoms with Crippen molar-refractivity contribution in [3.8, 4) is 0 Å². The highest BCUT2D eigenvalue weighted by molar-refractivity contribution is 5.26. The van der Waals surface area contributed by atoms with Crippen LogP contribution < -0.4 is 5.32 Å². The maximum Gasteiger partial charge on any atom is 0.0613 e. The number of hydrogen-bond acceptors (Lipinski definition) is 2. The molecule has 0 amide bonds. The largest absolute Gasteiger partial charge is 0.378 e. The topological polar surface area (TPSA) is 21.3 Å². The summed E-state index contributed by atoms with van der Waals surface area (Å²) in [5.74, 6) is 1.51. The lowest BCUT2D eigenvalue weighted by Gasteiger charge is -2.37. The summed E-state index contributed by atoms with van der Waals surface area (Å²) in [4.78, 5) is 0. The summed E-state index contributed by atoms with van der Waals surface area (Å²) < 4.78 is 5.76. The minimum absolute atomic E-state index is 0.496. The molecule has 1 aromatic carbocycles. The van der Waals surface area contributed by atoms with E-state index >= 15 is 0 Å². The summed E-state index contributed by atoms with van der Waals surface area (Å²) in [6.45, 7) is 6.49. The molecule has 1 aliphatic carbocycles. The predicted octanol–water partition coefficient (Wildman–Crippen LogP) is 3.65. The Hall–Kier alpha value is -0.860. The van der Waals surface area contributed by atoms with Gasteiger partial charge in [-0.1, -0.05) is 36.8 Å². The SMILES string of the molecule is CCC1OCCC1CNC1CC(c2ccc(C)cc2)C1. The average molecular weight is 273 g/mol. The van der Waals surface area contributed by atoms with Crippen molar-refractivity contribution in [3.63, 3.8) is 0 Å². The molecule has 1 heterocycles. The number of benzene rings is 1. The van der Waals surface area contributed by atoms with Gasteiger partial charge in [-0.25, -0.2) is 0 Å². The van der Waals surface area contributed by atoms with Crippen molar-refractivity contribution in [3.05, 3.63) is 35.4 Å². The lowest BCUT2D eigenvalue weighted by molar-refractivity contribution is 0.0853. The number of aryl methyl sites for hydroxylation is 1. The van der Waals surface area contributed by atoms with Crippen LogP contribution in [0.25, 0.3) is 0 Å². The van der Waals surface area contributed by atoms with Gasteiger partial charge in [0.05, 0.1) is 6.10 Å². The van der Waals surface area contributed by atoms with E-state index in [2.05, 4.69) is 43.4 Å². The van der Waals surface area contributed by atoms with Crippen LogP contribution in [0.4, 0.5) is 0 Å². The maximum absolute atomic E-state index is 5.76. The van der Waals surface area contributed by atoms with E-state index in [1.165, 1.54) is 30.4 Å². The number of ether oxygens (including phenoxy) is 1. The average Bonchev–Trinajstić information content (AvgIpc) is 2.86. The lowest BCUT2D eigenvalue weighted by Crippen LogP contribution is -2.43. The van der Waals surface area contributed by atoms with Crippen LogP contribution >= 0.6 is 0 Å². The van der Waals surface area contributed by atoms with Crippen molar-refractivity contribution < 1.29 is 4.74 Å². The van der Waals surface area contributed by atoms with E-state index in [0.717, 1.165) is 37.5 Å². The molecule has 0 bridgehead atoms. The van der Waals surface area contributed by atoms with Gasteiger partial charge in [0.25, 0.3) is 0 Å². The highest BCUT2D eigenvalue weighted by Gasteiger charge is 2.32. The van der Waals surface area contributed by atoms with Crippen LogP contribution in [0, 0.1) is 12.8 Å². The van der Waals surface area contributed by atoms with E-state index in [9.17, 15) is 0 Å². The summed E-state index contributed by atoms with van der Waals surface area (Å²) in [5, 5.41) is 3.76. The molecular formula is C18H27NO. The summed E-state index contributed by atoms with van der Waals surface area (Å²) in [5.41, 5.74) is 2.87. The van der Waals surface area contributed by atoms with Crippen LogP contribution in [0.1, 0.15) is 49.7 Å². The first-order chi connectivity index (χ1) is 9.76. The van der Waals surface area contributed by atoms with Gasteiger partial charge < -0.3 is 10.1 Å². The van der Waals surface area contributed by atoms with E-state index in [4.69, 9.17) is 4.74 Å². The first kappa shape index (κ1) is 14.1. The van der Waals surface area contributed by atoms with E-state index in [1.807, 2.05) is 0 Å². The fraction of sp³-hybridized carbons (Fsp3) is 0.667. The van der Waals surface area contributed by atoms with Crippen LogP contribution in [-0.4, -0.2) is 25.3 Å². The number of hydrogen-bond donors (Lipinski definition) is 1. The van der Waals surface area contributed by atoms with Crippen LogP contribution in [0.15, 0.2) is 24.3 Å². The Kier molecular flexibility index (Phi) is 4.42. The quantitative estimate of drug-likeness (QED) is 0.884. The first-order valence-corrected chi connectivity index (χ1v) is 8.17. The minimum Gasteiger partial charge on any atom is -0.378 e. The zero-order chi connectivity index (χ0) is 13.9. The van der Waals surface area contributed by atoms with Crippen molar-refractivity contribution in [2.45, 2.75) is 57.6 Å². The summed E-state index contributed by atoms with van der Waals surface area (Å²) in [7, 11) is 0. The molecule has 1 saturated heterocycles. The molecule has 2 heteroatoms. The Bertz CT molecular complexity index is 422. The van der Waals surface area contributed by atoms with E-state index < -0.39 is 0 Å². The van der Waals surface area contributed by atoms with Gasteiger partial charge >= 0.3 is 0 Å². The summed E-state index contributed by atoms with van der Waals surface area (Å²) in [6.07, 6.45) is 5.49. The van der Waals surface area contributed by atoms with Crippen LogP contribution in [-0.2, 0) is 4.74 Å². The Morgan fingerprint density at radius 1 is 1.20 bits per heavy atom. The second kappa shape index (κ2) is 6.28. The molecule has 0 spiro atoms. The molecule has 20 heavy (non-hydrogen) atoms. The zero-order valence-electron chi connectivity index (χ0n) is 12.8. The lowest BCUT2D eigenvalue weighted by atomic mass is 9.75. The Balaban J connectivity index is 1.41. The van der Waals surface area contributed by atoms with Crippen molar-refractivity contribution >= 4 is 0 Å². The molecule has 1 N–H and O–H groups in total. The predicted molar refractivity (Wildman–Crippen MR) is 83.1 cm³/mol. The Morgan fingerprint density at radius 3 is 2.65 bits per heavy atom. The molecule has 1 aliphatic heterocycles. The molecule has 110 valence electrons. The van der Waals surface area contributed by atoms with Crippen LogP contribution in [0.5, 0.6) is 0 Å². The third-order valence-corrected chi connectivity index (χ3v) is 5.10.